The molecule has 1 saturated heterocycles. The largest absolute Gasteiger partial charge is 0.363 e. The van der Waals surface area contributed by atoms with Crippen LogP contribution < -0.4 is 10.2 Å². The molecule has 1 aromatic heterocycles. The van der Waals surface area contributed by atoms with Crippen LogP contribution in [0.4, 0.5) is 5.82 Å². The number of anilines is 1. The Kier molecular flexibility index (Phi) is 4.22. The quantitative estimate of drug-likeness (QED) is 0.859. The van der Waals surface area contributed by atoms with Gasteiger partial charge in [0.25, 0.3) is 0 Å². The van der Waals surface area contributed by atoms with E-state index < -0.39 is 0 Å². The number of hydrogen-bond acceptors (Lipinski definition) is 4. The van der Waals surface area contributed by atoms with Crippen molar-refractivity contribution >= 4 is 5.82 Å². The van der Waals surface area contributed by atoms with Gasteiger partial charge in [0.2, 0.25) is 0 Å². The lowest BCUT2D eigenvalue weighted by atomic mass is 10.1. The maximum atomic E-state index is 4.55. The third-order valence-electron chi connectivity index (χ3n) is 4.85. The van der Waals surface area contributed by atoms with Crippen molar-refractivity contribution in [2.24, 2.45) is 13.0 Å². The SMILES string of the molecule is Cc1nn(C)c(N(C)C)c1CNCC1CCN(C2CC2)C1. The van der Waals surface area contributed by atoms with E-state index in [1.54, 1.807) is 0 Å². The molecule has 1 saturated carbocycles. The molecule has 2 aliphatic rings. The second-order valence-electron chi connectivity index (χ2n) is 6.92. The van der Waals surface area contributed by atoms with Crippen molar-refractivity contribution in [2.75, 3.05) is 38.6 Å². The van der Waals surface area contributed by atoms with Crippen LogP contribution in [0, 0.1) is 12.8 Å². The Morgan fingerprint density at radius 3 is 2.71 bits per heavy atom. The first-order valence-electron chi connectivity index (χ1n) is 8.21. The standard InChI is InChI=1S/C16H29N5/c1-12-15(16(19(2)3)20(4)18-12)10-17-9-13-7-8-21(11-13)14-5-6-14/h13-14,17H,5-11H2,1-4H3. The van der Waals surface area contributed by atoms with Gasteiger partial charge in [0, 0.05) is 45.8 Å². The molecular weight excluding hydrogens is 262 g/mol. The van der Waals surface area contributed by atoms with E-state index in [2.05, 4.69) is 41.2 Å². The third-order valence-corrected chi connectivity index (χ3v) is 4.85. The van der Waals surface area contributed by atoms with E-state index in [1.807, 2.05) is 11.7 Å². The fraction of sp³-hybridized carbons (Fsp3) is 0.812. The summed E-state index contributed by atoms with van der Waals surface area (Å²) in [4.78, 5) is 4.84. The number of aryl methyl sites for hydroxylation is 2. The minimum absolute atomic E-state index is 0.824. The van der Waals surface area contributed by atoms with Crippen LogP contribution in [-0.2, 0) is 13.6 Å². The summed E-state index contributed by atoms with van der Waals surface area (Å²) >= 11 is 0. The van der Waals surface area contributed by atoms with Crippen LogP contribution in [0.25, 0.3) is 0 Å². The highest BCUT2D eigenvalue weighted by molar-refractivity contribution is 5.48. The summed E-state index contributed by atoms with van der Waals surface area (Å²) in [5, 5.41) is 8.22. The lowest BCUT2D eigenvalue weighted by Crippen LogP contribution is -2.28. The number of nitrogens with zero attached hydrogens (tertiary/aromatic N) is 4. The van der Waals surface area contributed by atoms with Crippen molar-refractivity contribution < 1.29 is 0 Å². The zero-order valence-electron chi connectivity index (χ0n) is 13.9. The fourth-order valence-electron chi connectivity index (χ4n) is 3.66. The fourth-order valence-corrected chi connectivity index (χ4v) is 3.66. The molecule has 0 bridgehead atoms. The van der Waals surface area contributed by atoms with Crippen LogP contribution >= 0.6 is 0 Å². The van der Waals surface area contributed by atoms with E-state index in [0.29, 0.717) is 0 Å². The molecule has 1 aliphatic heterocycles. The lowest BCUT2D eigenvalue weighted by molar-refractivity contribution is 0.312. The molecule has 118 valence electrons. The maximum Gasteiger partial charge on any atom is 0.130 e. The summed E-state index contributed by atoms with van der Waals surface area (Å²) in [7, 11) is 6.20. The topological polar surface area (TPSA) is 36.3 Å². The van der Waals surface area contributed by atoms with Gasteiger partial charge in [-0.2, -0.15) is 5.10 Å². The molecule has 21 heavy (non-hydrogen) atoms. The number of aromatic nitrogens is 2. The van der Waals surface area contributed by atoms with Gasteiger partial charge in [-0.1, -0.05) is 0 Å². The molecule has 2 fully saturated rings. The van der Waals surface area contributed by atoms with Crippen LogP contribution in [-0.4, -0.2) is 54.5 Å². The van der Waals surface area contributed by atoms with E-state index >= 15 is 0 Å². The van der Waals surface area contributed by atoms with Gasteiger partial charge in [-0.15, -0.1) is 0 Å². The van der Waals surface area contributed by atoms with Crippen LogP contribution in [0.5, 0.6) is 0 Å². The van der Waals surface area contributed by atoms with Crippen molar-refractivity contribution in [3.8, 4) is 0 Å². The second-order valence-corrected chi connectivity index (χ2v) is 6.92. The van der Waals surface area contributed by atoms with Gasteiger partial charge in [-0.05, 0) is 45.2 Å². The van der Waals surface area contributed by atoms with Gasteiger partial charge in [0.1, 0.15) is 5.82 Å². The molecule has 1 atom stereocenters. The molecular formula is C16H29N5. The summed E-state index contributed by atoms with van der Waals surface area (Å²) < 4.78 is 1.98. The van der Waals surface area contributed by atoms with Crippen LogP contribution in [0.3, 0.4) is 0 Å². The Morgan fingerprint density at radius 2 is 2.05 bits per heavy atom. The Labute approximate surface area is 128 Å². The van der Waals surface area contributed by atoms with Gasteiger partial charge in [-0.25, -0.2) is 0 Å². The van der Waals surface area contributed by atoms with E-state index in [-0.39, 0.29) is 0 Å². The molecule has 3 rings (SSSR count). The predicted octanol–water partition coefficient (Wildman–Crippen LogP) is 1.37. The minimum Gasteiger partial charge on any atom is -0.363 e. The third kappa shape index (κ3) is 3.24. The predicted molar refractivity (Wildman–Crippen MR) is 86.7 cm³/mol. The van der Waals surface area contributed by atoms with Crippen molar-refractivity contribution in [1.29, 1.82) is 0 Å². The summed E-state index contributed by atoms with van der Waals surface area (Å²) in [6.45, 7) is 6.77. The van der Waals surface area contributed by atoms with Crippen molar-refractivity contribution in [3.63, 3.8) is 0 Å². The highest BCUT2D eigenvalue weighted by Gasteiger charge is 2.34. The summed E-state index contributed by atoms with van der Waals surface area (Å²) in [5.41, 5.74) is 2.47. The number of hydrogen-bond donors (Lipinski definition) is 1. The highest BCUT2D eigenvalue weighted by atomic mass is 15.4. The van der Waals surface area contributed by atoms with Gasteiger partial charge in [0.15, 0.2) is 0 Å². The Hall–Kier alpha value is -1.07. The van der Waals surface area contributed by atoms with E-state index in [4.69, 9.17) is 0 Å². The Balaban J connectivity index is 1.51. The molecule has 0 aromatic carbocycles. The number of nitrogens with one attached hydrogen (secondary N) is 1. The maximum absolute atomic E-state index is 4.55. The van der Waals surface area contributed by atoms with Crippen LogP contribution in [0.15, 0.2) is 0 Å². The minimum atomic E-state index is 0.824. The lowest BCUT2D eigenvalue weighted by Gasteiger charge is -2.17. The monoisotopic (exact) mass is 291 g/mol. The molecule has 2 heterocycles. The second kappa shape index (κ2) is 5.97. The van der Waals surface area contributed by atoms with E-state index in [1.165, 1.54) is 43.7 Å². The zero-order chi connectivity index (χ0) is 15.0. The molecule has 5 heteroatoms. The van der Waals surface area contributed by atoms with Gasteiger partial charge in [0.05, 0.1) is 5.69 Å². The average Bonchev–Trinajstić information content (AvgIpc) is 3.09. The van der Waals surface area contributed by atoms with Crippen molar-refractivity contribution in [3.05, 3.63) is 11.3 Å². The zero-order valence-corrected chi connectivity index (χ0v) is 13.9. The molecule has 0 spiro atoms. The van der Waals surface area contributed by atoms with E-state index in [9.17, 15) is 0 Å². The molecule has 0 radical (unpaired) electrons. The molecule has 1 unspecified atom stereocenters. The van der Waals surface area contributed by atoms with Gasteiger partial charge < -0.3 is 15.1 Å². The van der Waals surface area contributed by atoms with Gasteiger partial charge in [-0.3, -0.25) is 4.68 Å². The number of rotatable bonds is 6. The van der Waals surface area contributed by atoms with Crippen molar-refractivity contribution in [1.82, 2.24) is 20.0 Å². The van der Waals surface area contributed by atoms with Crippen LogP contribution in [0.1, 0.15) is 30.5 Å². The Bertz CT molecular complexity index is 489. The molecule has 1 N–H and O–H groups in total. The molecule has 1 aromatic rings. The average molecular weight is 291 g/mol. The Morgan fingerprint density at radius 1 is 1.29 bits per heavy atom. The van der Waals surface area contributed by atoms with E-state index in [0.717, 1.165) is 30.7 Å². The highest BCUT2D eigenvalue weighted by Crippen LogP contribution is 2.31. The number of likely N-dealkylation sites (tertiary alicyclic amines) is 1. The molecule has 0 amide bonds. The first kappa shape index (κ1) is 14.9. The first-order chi connectivity index (χ1) is 10.1. The van der Waals surface area contributed by atoms with Crippen LogP contribution in [0.2, 0.25) is 0 Å². The first-order valence-corrected chi connectivity index (χ1v) is 8.21. The smallest absolute Gasteiger partial charge is 0.130 e. The van der Waals surface area contributed by atoms with Gasteiger partial charge >= 0.3 is 0 Å². The normalized spacial score (nSPS) is 23.0. The van der Waals surface area contributed by atoms with Crippen molar-refractivity contribution in [2.45, 2.75) is 38.8 Å². The summed E-state index contributed by atoms with van der Waals surface area (Å²) in [6.07, 6.45) is 4.22. The molecule has 1 aliphatic carbocycles. The summed E-state index contributed by atoms with van der Waals surface area (Å²) in [6, 6.07) is 0.927. The molecule has 5 nitrogen and oxygen atoms in total. The summed E-state index contributed by atoms with van der Waals surface area (Å²) in [5.74, 6) is 2.04.